The van der Waals surface area contributed by atoms with Crippen molar-refractivity contribution in [2.24, 2.45) is 11.8 Å². The molecule has 1 aromatic carbocycles. The van der Waals surface area contributed by atoms with Gasteiger partial charge in [-0.15, -0.1) is 0 Å². The Morgan fingerprint density at radius 3 is 2.81 bits per heavy atom. The molecule has 3 nitrogen and oxygen atoms in total. The summed E-state index contributed by atoms with van der Waals surface area (Å²) in [6.45, 7) is 3.92. The maximum Gasteiger partial charge on any atom is 0.166 e. The Bertz CT molecular complexity index is 385. The van der Waals surface area contributed by atoms with E-state index in [9.17, 15) is 4.79 Å². The van der Waals surface area contributed by atoms with Gasteiger partial charge in [-0.05, 0) is 31.1 Å². The molecule has 1 atom stereocenters. The van der Waals surface area contributed by atoms with Gasteiger partial charge in [-0.3, -0.25) is 4.79 Å². The third-order valence-corrected chi connectivity index (χ3v) is 3.29. The standard InChI is InChI=1S/C13H17NO2/c1-9(11-7-14-8-11)13(15)10-4-3-5-12(6-10)16-2/h3-6,9,11,14H,7-8H2,1-2H3. The highest BCUT2D eigenvalue weighted by atomic mass is 16.5. The van der Waals surface area contributed by atoms with Crippen molar-refractivity contribution < 1.29 is 9.53 Å². The Morgan fingerprint density at radius 2 is 2.25 bits per heavy atom. The number of carbonyl (C=O) groups excluding carboxylic acids is 1. The maximum absolute atomic E-state index is 12.2. The maximum atomic E-state index is 12.2. The van der Waals surface area contributed by atoms with Crippen LogP contribution < -0.4 is 10.1 Å². The fraction of sp³-hybridized carbons (Fsp3) is 0.462. The van der Waals surface area contributed by atoms with Gasteiger partial charge in [0.15, 0.2) is 5.78 Å². The molecule has 16 heavy (non-hydrogen) atoms. The minimum Gasteiger partial charge on any atom is -0.497 e. The first-order chi connectivity index (χ1) is 7.72. The lowest BCUT2D eigenvalue weighted by Crippen LogP contribution is -2.47. The van der Waals surface area contributed by atoms with Gasteiger partial charge >= 0.3 is 0 Å². The van der Waals surface area contributed by atoms with Crippen molar-refractivity contribution in [3.63, 3.8) is 0 Å². The number of hydrogen-bond acceptors (Lipinski definition) is 3. The quantitative estimate of drug-likeness (QED) is 0.784. The SMILES string of the molecule is COc1cccc(C(=O)C(C)C2CNC2)c1. The molecule has 0 aromatic heterocycles. The number of hydrogen-bond donors (Lipinski definition) is 1. The lowest BCUT2D eigenvalue weighted by Gasteiger charge is -2.31. The third kappa shape index (κ3) is 2.09. The number of ether oxygens (including phenoxy) is 1. The van der Waals surface area contributed by atoms with Gasteiger partial charge in [-0.25, -0.2) is 0 Å². The Kier molecular flexibility index (Phi) is 3.25. The first kappa shape index (κ1) is 11.1. The molecule has 0 aliphatic carbocycles. The van der Waals surface area contributed by atoms with E-state index in [0.717, 1.165) is 24.4 Å². The molecule has 1 saturated heterocycles. The summed E-state index contributed by atoms with van der Waals surface area (Å²) in [6.07, 6.45) is 0. The molecule has 1 heterocycles. The molecule has 1 fully saturated rings. The number of ketones is 1. The normalized spacial score (nSPS) is 17.6. The molecular formula is C13H17NO2. The molecule has 3 heteroatoms. The summed E-state index contributed by atoms with van der Waals surface area (Å²) in [7, 11) is 1.61. The van der Waals surface area contributed by atoms with Gasteiger partial charge in [-0.1, -0.05) is 19.1 Å². The van der Waals surface area contributed by atoms with Gasteiger partial charge in [-0.2, -0.15) is 0 Å². The van der Waals surface area contributed by atoms with Crippen molar-refractivity contribution in [1.29, 1.82) is 0 Å². The van der Waals surface area contributed by atoms with Crippen LogP contribution in [-0.2, 0) is 0 Å². The highest BCUT2D eigenvalue weighted by molar-refractivity contribution is 5.98. The van der Waals surface area contributed by atoms with E-state index < -0.39 is 0 Å². The van der Waals surface area contributed by atoms with Crippen molar-refractivity contribution in [2.45, 2.75) is 6.92 Å². The van der Waals surface area contributed by atoms with Crippen LogP contribution in [0.15, 0.2) is 24.3 Å². The highest BCUT2D eigenvalue weighted by Gasteiger charge is 2.29. The van der Waals surface area contributed by atoms with Crippen molar-refractivity contribution in [3.05, 3.63) is 29.8 Å². The van der Waals surface area contributed by atoms with E-state index >= 15 is 0 Å². The van der Waals surface area contributed by atoms with Crippen LogP contribution in [-0.4, -0.2) is 26.0 Å². The molecule has 0 saturated carbocycles. The van der Waals surface area contributed by atoms with Crippen LogP contribution in [0.3, 0.4) is 0 Å². The zero-order chi connectivity index (χ0) is 11.5. The smallest absolute Gasteiger partial charge is 0.166 e. The molecule has 0 radical (unpaired) electrons. The first-order valence-corrected chi connectivity index (χ1v) is 5.61. The van der Waals surface area contributed by atoms with Gasteiger partial charge in [0.1, 0.15) is 5.75 Å². The van der Waals surface area contributed by atoms with Gasteiger partial charge in [0, 0.05) is 11.5 Å². The number of benzene rings is 1. The fourth-order valence-corrected chi connectivity index (χ4v) is 1.92. The lowest BCUT2D eigenvalue weighted by atomic mass is 9.83. The van der Waals surface area contributed by atoms with Crippen LogP contribution in [0, 0.1) is 11.8 Å². The van der Waals surface area contributed by atoms with Crippen LogP contribution in [0.5, 0.6) is 5.75 Å². The van der Waals surface area contributed by atoms with E-state index in [0.29, 0.717) is 5.92 Å². The predicted octanol–water partition coefficient (Wildman–Crippen LogP) is 1.73. The zero-order valence-electron chi connectivity index (χ0n) is 9.69. The minimum absolute atomic E-state index is 0.0911. The average Bonchev–Trinajstić information content (AvgIpc) is 2.25. The van der Waals surface area contributed by atoms with Crippen LogP contribution in [0.2, 0.25) is 0 Å². The number of Topliss-reactive ketones (excluding diaryl/α,β-unsaturated/α-hetero) is 1. The first-order valence-electron chi connectivity index (χ1n) is 5.61. The van der Waals surface area contributed by atoms with E-state index in [1.54, 1.807) is 7.11 Å². The molecular weight excluding hydrogens is 202 g/mol. The number of carbonyl (C=O) groups is 1. The fourth-order valence-electron chi connectivity index (χ4n) is 1.92. The van der Waals surface area contributed by atoms with Gasteiger partial charge < -0.3 is 10.1 Å². The second-order valence-electron chi connectivity index (χ2n) is 4.30. The summed E-state index contributed by atoms with van der Waals surface area (Å²) in [5.74, 6) is 1.53. The summed E-state index contributed by atoms with van der Waals surface area (Å²) in [4.78, 5) is 12.2. The zero-order valence-corrected chi connectivity index (χ0v) is 9.69. The Morgan fingerprint density at radius 1 is 1.50 bits per heavy atom. The molecule has 86 valence electrons. The molecule has 0 bridgehead atoms. The third-order valence-electron chi connectivity index (χ3n) is 3.29. The summed E-state index contributed by atoms with van der Waals surface area (Å²) in [6, 6.07) is 7.38. The number of nitrogens with one attached hydrogen (secondary N) is 1. The van der Waals surface area contributed by atoms with Crippen molar-refractivity contribution in [1.82, 2.24) is 5.32 Å². The van der Waals surface area contributed by atoms with Gasteiger partial charge in [0.25, 0.3) is 0 Å². The van der Waals surface area contributed by atoms with E-state index in [1.165, 1.54) is 0 Å². The van der Waals surface area contributed by atoms with E-state index in [4.69, 9.17) is 4.74 Å². The molecule has 0 amide bonds. The second kappa shape index (κ2) is 4.66. The van der Waals surface area contributed by atoms with Crippen molar-refractivity contribution >= 4 is 5.78 Å². The number of rotatable bonds is 4. The van der Waals surface area contributed by atoms with Crippen molar-refractivity contribution in [3.8, 4) is 5.75 Å². The Balaban J connectivity index is 2.12. The predicted molar refractivity (Wildman–Crippen MR) is 62.8 cm³/mol. The molecule has 1 N–H and O–H groups in total. The molecule has 2 rings (SSSR count). The summed E-state index contributed by atoms with van der Waals surface area (Å²) in [5.41, 5.74) is 0.749. The molecule has 1 aromatic rings. The molecule has 1 unspecified atom stereocenters. The lowest BCUT2D eigenvalue weighted by molar-refractivity contribution is 0.0853. The van der Waals surface area contributed by atoms with E-state index in [1.807, 2.05) is 31.2 Å². The largest absolute Gasteiger partial charge is 0.497 e. The van der Waals surface area contributed by atoms with Crippen LogP contribution in [0.25, 0.3) is 0 Å². The summed E-state index contributed by atoms with van der Waals surface area (Å²) >= 11 is 0. The van der Waals surface area contributed by atoms with E-state index in [-0.39, 0.29) is 11.7 Å². The number of methoxy groups -OCH3 is 1. The second-order valence-corrected chi connectivity index (χ2v) is 4.30. The monoisotopic (exact) mass is 219 g/mol. The molecule has 1 aliphatic heterocycles. The van der Waals surface area contributed by atoms with Crippen molar-refractivity contribution in [2.75, 3.05) is 20.2 Å². The summed E-state index contributed by atoms with van der Waals surface area (Å²) < 4.78 is 5.12. The van der Waals surface area contributed by atoms with Crippen LogP contribution in [0.4, 0.5) is 0 Å². The topological polar surface area (TPSA) is 38.3 Å². The highest BCUT2D eigenvalue weighted by Crippen LogP contribution is 2.22. The molecule has 1 aliphatic rings. The van der Waals surface area contributed by atoms with Gasteiger partial charge in [0.05, 0.1) is 7.11 Å². The Labute approximate surface area is 95.8 Å². The molecule has 0 spiro atoms. The van der Waals surface area contributed by atoms with Crippen LogP contribution in [0.1, 0.15) is 17.3 Å². The van der Waals surface area contributed by atoms with Gasteiger partial charge in [0.2, 0.25) is 0 Å². The summed E-state index contributed by atoms with van der Waals surface area (Å²) in [5, 5.41) is 3.19. The van der Waals surface area contributed by atoms with Crippen LogP contribution >= 0.6 is 0 Å². The van der Waals surface area contributed by atoms with E-state index in [2.05, 4.69) is 5.32 Å². The average molecular weight is 219 g/mol. The minimum atomic E-state index is 0.0911. The Hall–Kier alpha value is -1.35.